The Labute approximate surface area is 213 Å². The molecule has 0 spiro atoms. The zero-order valence-corrected chi connectivity index (χ0v) is 23.9. The highest BCUT2D eigenvalue weighted by molar-refractivity contribution is 5.98. The summed E-state index contributed by atoms with van der Waals surface area (Å²) in [6, 6.07) is 0. The van der Waals surface area contributed by atoms with Gasteiger partial charge in [0.1, 0.15) is 11.9 Å². The van der Waals surface area contributed by atoms with E-state index in [1.165, 1.54) is 4.90 Å². The quantitative estimate of drug-likeness (QED) is 0.441. The van der Waals surface area contributed by atoms with Crippen LogP contribution in [0.15, 0.2) is 0 Å². The molecule has 0 aromatic heterocycles. The molecule has 1 saturated carbocycles. The first-order valence-corrected chi connectivity index (χ1v) is 13.1. The SMILES string of the molecule is CC(C)(C)CC(=O)OC1CNC1.CC(C)(C)N1C(=O)CCCC1=O.CC1CC1C(=O)CC(C)(C)C. The molecule has 35 heavy (non-hydrogen) atoms. The summed E-state index contributed by atoms with van der Waals surface area (Å²) in [6.07, 6.45) is 4.26. The largest absolute Gasteiger partial charge is 0.460 e. The van der Waals surface area contributed by atoms with E-state index in [4.69, 9.17) is 4.74 Å². The molecule has 3 aliphatic rings. The molecule has 2 aliphatic heterocycles. The maximum atomic E-state index is 11.4. The second-order valence-electron chi connectivity index (χ2n) is 13.7. The first-order valence-electron chi connectivity index (χ1n) is 13.1. The monoisotopic (exact) mass is 494 g/mol. The van der Waals surface area contributed by atoms with Gasteiger partial charge in [-0.05, 0) is 50.4 Å². The zero-order chi connectivity index (χ0) is 27.2. The highest BCUT2D eigenvalue weighted by Crippen LogP contribution is 2.41. The van der Waals surface area contributed by atoms with E-state index in [0.717, 1.165) is 25.9 Å². The van der Waals surface area contributed by atoms with E-state index in [1.54, 1.807) is 0 Å². The molecular weight excluding hydrogens is 444 g/mol. The van der Waals surface area contributed by atoms with Crippen molar-refractivity contribution in [1.82, 2.24) is 10.2 Å². The number of hydrogen-bond acceptors (Lipinski definition) is 6. The molecule has 0 aromatic carbocycles. The third-order valence-electron chi connectivity index (χ3n) is 5.90. The molecule has 2 unspecified atom stereocenters. The average molecular weight is 495 g/mol. The number of rotatable bonds is 4. The van der Waals surface area contributed by atoms with Gasteiger partial charge in [0.15, 0.2) is 0 Å². The highest BCUT2D eigenvalue weighted by atomic mass is 16.5. The Balaban J connectivity index is 0.000000263. The summed E-state index contributed by atoms with van der Waals surface area (Å²) >= 11 is 0. The van der Waals surface area contributed by atoms with Gasteiger partial charge in [0.25, 0.3) is 0 Å². The fraction of sp³-hybridized carbons (Fsp3) is 0.857. The van der Waals surface area contributed by atoms with Gasteiger partial charge in [-0.1, -0.05) is 48.5 Å². The number of imide groups is 1. The summed E-state index contributed by atoms with van der Waals surface area (Å²) in [5.74, 6) is 1.43. The van der Waals surface area contributed by atoms with Crippen LogP contribution in [0.2, 0.25) is 0 Å². The van der Waals surface area contributed by atoms with Crippen molar-refractivity contribution in [2.75, 3.05) is 13.1 Å². The molecule has 1 aliphatic carbocycles. The molecule has 0 radical (unpaired) electrons. The predicted molar refractivity (Wildman–Crippen MR) is 139 cm³/mol. The smallest absolute Gasteiger partial charge is 0.306 e. The van der Waals surface area contributed by atoms with Crippen LogP contribution >= 0.6 is 0 Å². The van der Waals surface area contributed by atoms with E-state index >= 15 is 0 Å². The van der Waals surface area contributed by atoms with Crippen molar-refractivity contribution >= 4 is 23.6 Å². The predicted octanol–water partition coefficient (Wildman–Crippen LogP) is 4.91. The topological polar surface area (TPSA) is 92.8 Å². The number of Topliss-reactive ketones (excluding diaryl/α,β-unsaturated/α-hetero) is 1. The van der Waals surface area contributed by atoms with Crippen molar-refractivity contribution in [3.63, 3.8) is 0 Å². The van der Waals surface area contributed by atoms with Crippen LogP contribution in [0.1, 0.15) is 108 Å². The number of amides is 2. The van der Waals surface area contributed by atoms with Crippen molar-refractivity contribution in [2.24, 2.45) is 22.7 Å². The lowest BCUT2D eigenvalue weighted by molar-refractivity contribution is -0.154. The Kier molecular flexibility index (Phi) is 11.1. The molecule has 2 heterocycles. The van der Waals surface area contributed by atoms with E-state index < -0.39 is 0 Å². The van der Waals surface area contributed by atoms with Gasteiger partial charge in [0, 0.05) is 43.8 Å². The molecule has 7 heteroatoms. The van der Waals surface area contributed by atoms with E-state index in [-0.39, 0.29) is 40.3 Å². The summed E-state index contributed by atoms with van der Waals surface area (Å²) < 4.78 is 5.16. The van der Waals surface area contributed by atoms with Gasteiger partial charge in [-0.3, -0.25) is 24.1 Å². The molecule has 2 saturated heterocycles. The maximum absolute atomic E-state index is 11.4. The van der Waals surface area contributed by atoms with Gasteiger partial charge in [-0.25, -0.2) is 0 Å². The fourth-order valence-corrected chi connectivity index (χ4v) is 3.93. The Morgan fingerprint density at radius 1 is 0.886 bits per heavy atom. The summed E-state index contributed by atoms with van der Waals surface area (Å²) in [5, 5.41) is 3.05. The number of nitrogens with one attached hydrogen (secondary N) is 1. The number of nitrogens with zero attached hydrogens (tertiary/aromatic N) is 1. The molecule has 0 aromatic rings. The minimum absolute atomic E-state index is 0.0289. The second-order valence-corrected chi connectivity index (χ2v) is 13.7. The number of hydrogen-bond donors (Lipinski definition) is 1. The number of esters is 1. The third-order valence-corrected chi connectivity index (χ3v) is 5.90. The van der Waals surface area contributed by atoms with Crippen molar-refractivity contribution in [2.45, 2.75) is 119 Å². The molecule has 1 N–H and O–H groups in total. The van der Waals surface area contributed by atoms with E-state index in [0.29, 0.717) is 43.3 Å². The zero-order valence-electron chi connectivity index (χ0n) is 23.9. The first kappa shape index (κ1) is 31.3. The van der Waals surface area contributed by atoms with Crippen LogP contribution in [0.5, 0.6) is 0 Å². The molecule has 3 fully saturated rings. The lowest BCUT2D eigenvalue weighted by Crippen LogP contribution is -2.51. The van der Waals surface area contributed by atoms with Gasteiger partial charge < -0.3 is 10.1 Å². The summed E-state index contributed by atoms with van der Waals surface area (Å²) in [6.45, 7) is 21.9. The van der Waals surface area contributed by atoms with Gasteiger partial charge in [-0.2, -0.15) is 0 Å². The van der Waals surface area contributed by atoms with Crippen molar-refractivity contribution in [3.8, 4) is 0 Å². The second kappa shape index (κ2) is 12.5. The molecule has 202 valence electrons. The number of piperidine rings is 1. The average Bonchev–Trinajstić information content (AvgIpc) is 3.32. The summed E-state index contributed by atoms with van der Waals surface area (Å²) in [5.41, 5.74) is -0.137. The third kappa shape index (κ3) is 12.7. The Hall–Kier alpha value is -1.76. The normalized spacial score (nSPS) is 22.7. The van der Waals surface area contributed by atoms with Gasteiger partial charge in [0.05, 0.1) is 6.42 Å². The van der Waals surface area contributed by atoms with Gasteiger partial charge in [0.2, 0.25) is 11.8 Å². The van der Waals surface area contributed by atoms with Crippen molar-refractivity contribution < 1.29 is 23.9 Å². The van der Waals surface area contributed by atoms with Crippen molar-refractivity contribution in [1.29, 1.82) is 0 Å². The number of ether oxygens (including phenoxy) is 1. The molecule has 2 amide bonds. The van der Waals surface area contributed by atoms with E-state index in [9.17, 15) is 19.2 Å². The lowest BCUT2D eigenvalue weighted by Gasteiger charge is -2.36. The molecule has 0 bridgehead atoms. The van der Waals surface area contributed by atoms with Crippen LogP contribution in [0.4, 0.5) is 0 Å². The minimum atomic E-state index is -0.353. The summed E-state index contributed by atoms with van der Waals surface area (Å²) in [7, 11) is 0. The Morgan fingerprint density at radius 3 is 1.63 bits per heavy atom. The van der Waals surface area contributed by atoms with Gasteiger partial charge >= 0.3 is 5.97 Å². The minimum Gasteiger partial charge on any atom is -0.460 e. The van der Waals surface area contributed by atoms with Crippen LogP contribution in [0.25, 0.3) is 0 Å². The summed E-state index contributed by atoms with van der Waals surface area (Å²) in [4.78, 5) is 46.7. The molecule has 2 atom stereocenters. The lowest BCUT2D eigenvalue weighted by atomic mass is 9.88. The van der Waals surface area contributed by atoms with Crippen LogP contribution in [-0.4, -0.2) is 53.2 Å². The van der Waals surface area contributed by atoms with E-state index in [1.807, 2.05) is 41.5 Å². The maximum Gasteiger partial charge on any atom is 0.306 e. The molecular formula is C28H50N2O5. The van der Waals surface area contributed by atoms with E-state index in [2.05, 4.69) is 33.0 Å². The number of carbonyl (C=O) groups is 4. The van der Waals surface area contributed by atoms with Crippen molar-refractivity contribution in [3.05, 3.63) is 0 Å². The van der Waals surface area contributed by atoms with Crippen LogP contribution in [-0.2, 0) is 23.9 Å². The number of ketones is 1. The number of carbonyl (C=O) groups excluding carboxylic acids is 4. The van der Waals surface area contributed by atoms with Crippen LogP contribution in [0.3, 0.4) is 0 Å². The number of likely N-dealkylation sites (tertiary alicyclic amines) is 1. The van der Waals surface area contributed by atoms with Gasteiger partial charge in [-0.15, -0.1) is 0 Å². The van der Waals surface area contributed by atoms with Crippen LogP contribution < -0.4 is 5.32 Å². The molecule has 7 nitrogen and oxygen atoms in total. The standard InChI is InChI=1S/C10H18O.C9H17NO2.C9H15NO2/c1-7-5-8(7)9(11)6-10(2,3)4;1-9(2,3)4-8(11)12-7-5-10-6-7;1-9(2,3)10-7(11)5-4-6-8(10)12/h7-8H,5-6H2,1-4H3;7,10H,4-6H2,1-3H3;4-6H2,1-3H3. The molecule has 3 rings (SSSR count). The Morgan fingerprint density at radius 2 is 1.34 bits per heavy atom. The highest BCUT2D eigenvalue weighted by Gasteiger charge is 2.39. The van der Waals surface area contributed by atoms with Crippen LogP contribution in [0, 0.1) is 22.7 Å². The first-order chi connectivity index (χ1) is 15.8. The fourth-order valence-electron chi connectivity index (χ4n) is 3.93. The Bertz CT molecular complexity index is 735.